The molecule has 18 heavy (non-hydrogen) atoms. The predicted octanol–water partition coefficient (Wildman–Crippen LogP) is 4.29. The summed E-state index contributed by atoms with van der Waals surface area (Å²) in [6, 6.07) is 5.33. The molecular formula is C15H23ClFN. The van der Waals surface area contributed by atoms with Gasteiger partial charge in [0, 0.05) is 11.1 Å². The lowest BCUT2D eigenvalue weighted by atomic mass is 9.84. The maximum absolute atomic E-state index is 13.8. The molecule has 0 aromatic heterocycles. The summed E-state index contributed by atoms with van der Waals surface area (Å²) >= 11 is 5.78. The monoisotopic (exact) mass is 271 g/mol. The third-order valence-electron chi connectivity index (χ3n) is 3.50. The van der Waals surface area contributed by atoms with Crippen LogP contribution in [-0.2, 0) is 6.42 Å². The quantitative estimate of drug-likeness (QED) is 0.814. The molecule has 0 radical (unpaired) electrons. The smallest absolute Gasteiger partial charge is 0.127 e. The minimum Gasteiger partial charge on any atom is -0.314 e. The lowest BCUT2D eigenvalue weighted by molar-refractivity contribution is 0.289. The van der Waals surface area contributed by atoms with Gasteiger partial charge in [0.25, 0.3) is 0 Å². The van der Waals surface area contributed by atoms with Crippen LogP contribution in [0.5, 0.6) is 0 Å². The molecule has 0 saturated carbocycles. The summed E-state index contributed by atoms with van der Waals surface area (Å²) < 4.78 is 13.8. The van der Waals surface area contributed by atoms with E-state index in [1.165, 1.54) is 6.07 Å². The number of halogens is 2. The minimum atomic E-state index is -0.197. The van der Waals surface area contributed by atoms with E-state index in [4.69, 9.17) is 11.6 Å². The van der Waals surface area contributed by atoms with Gasteiger partial charge in [0.15, 0.2) is 0 Å². The van der Waals surface area contributed by atoms with Gasteiger partial charge in [0.1, 0.15) is 5.82 Å². The van der Waals surface area contributed by atoms with Crippen LogP contribution < -0.4 is 5.32 Å². The summed E-state index contributed by atoms with van der Waals surface area (Å²) in [5.74, 6) is 0.728. The largest absolute Gasteiger partial charge is 0.314 e. The molecule has 1 rings (SSSR count). The van der Waals surface area contributed by atoms with E-state index >= 15 is 0 Å². The molecule has 0 aliphatic rings. The van der Waals surface area contributed by atoms with Gasteiger partial charge in [-0.1, -0.05) is 38.4 Å². The SMILES string of the molecule is CCNC(C)C(Cc1ccc(Cl)cc1F)C(C)C. The van der Waals surface area contributed by atoms with Crippen LogP contribution in [0.15, 0.2) is 18.2 Å². The minimum absolute atomic E-state index is 0.197. The Balaban J connectivity index is 2.83. The molecule has 1 aromatic carbocycles. The van der Waals surface area contributed by atoms with Crippen molar-refractivity contribution < 1.29 is 4.39 Å². The summed E-state index contributed by atoms with van der Waals surface area (Å²) in [5, 5.41) is 3.89. The highest BCUT2D eigenvalue weighted by molar-refractivity contribution is 6.30. The third-order valence-corrected chi connectivity index (χ3v) is 3.73. The molecule has 102 valence electrons. The first-order chi connectivity index (χ1) is 8.45. The van der Waals surface area contributed by atoms with Crippen LogP contribution in [0.2, 0.25) is 5.02 Å². The van der Waals surface area contributed by atoms with Crippen LogP contribution >= 0.6 is 11.6 Å². The molecule has 0 bridgehead atoms. The van der Waals surface area contributed by atoms with Crippen molar-refractivity contribution in [2.24, 2.45) is 11.8 Å². The second-order valence-corrected chi connectivity index (χ2v) is 5.63. The molecule has 0 saturated heterocycles. The summed E-state index contributed by atoms with van der Waals surface area (Å²) in [4.78, 5) is 0. The normalized spacial score (nSPS) is 14.8. The average Bonchev–Trinajstić information content (AvgIpc) is 2.27. The molecule has 2 atom stereocenters. The first-order valence-electron chi connectivity index (χ1n) is 6.63. The number of hydrogen-bond donors (Lipinski definition) is 1. The van der Waals surface area contributed by atoms with E-state index in [-0.39, 0.29) is 5.82 Å². The van der Waals surface area contributed by atoms with Crippen molar-refractivity contribution in [2.45, 2.75) is 40.2 Å². The molecule has 0 spiro atoms. The highest BCUT2D eigenvalue weighted by Gasteiger charge is 2.21. The van der Waals surface area contributed by atoms with E-state index in [1.807, 2.05) is 0 Å². The van der Waals surface area contributed by atoms with Gasteiger partial charge in [-0.25, -0.2) is 4.39 Å². The second-order valence-electron chi connectivity index (χ2n) is 5.19. The fourth-order valence-corrected chi connectivity index (χ4v) is 2.56. The van der Waals surface area contributed by atoms with Crippen molar-refractivity contribution in [3.8, 4) is 0 Å². The lowest BCUT2D eigenvalue weighted by Crippen LogP contribution is -2.37. The maximum atomic E-state index is 13.8. The van der Waals surface area contributed by atoms with E-state index in [2.05, 4.69) is 33.0 Å². The van der Waals surface area contributed by atoms with Crippen LogP contribution in [0.1, 0.15) is 33.3 Å². The Labute approximate surface area is 115 Å². The van der Waals surface area contributed by atoms with E-state index < -0.39 is 0 Å². The number of nitrogens with one attached hydrogen (secondary N) is 1. The molecule has 0 fully saturated rings. The number of rotatable bonds is 6. The third kappa shape index (κ3) is 4.25. The van der Waals surface area contributed by atoms with Crippen LogP contribution in [0.4, 0.5) is 4.39 Å². The zero-order valence-corrected chi connectivity index (χ0v) is 12.4. The highest BCUT2D eigenvalue weighted by atomic mass is 35.5. The lowest BCUT2D eigenvalue weighted by Gasteiger charge is -2.28. The van der Waals surface area contributed by atoms with Gasteiger partial charge in [-0.3, -0.25) is 0 Å². The summed E-state index contributed by atoms with van der Waals surface area (Å²) in [6.45, 7) is 9.57. The van der Waals surface area contributed by atoms with Crippen molar-refractivity contribution in [1.82, 2.24) is 5.32 Å². The first-order valence-corrected chi connectivity index (χ1v) is 7.00. The molecule has 0 aliphatic heterocycles. The zero-order chi connectivity index (χ0) is 13.7. The molecular weight excluding hydrogens is 249 g/mol. The number of hydrogen-bond acceptors (Lipinski definition) is 1. The fourth-order valence-electron chi connectivity index (χ4n) is 2.40. The Morgan fingerprint density at radius 2 is 1.94 bits per heavy atom. The van der Waals surface area contributed by atoms with Gasteiger partial charge in [-0.15, -0.1) is 0 Å². The zero-order valence-electron chi connectivity index (χ0n) is 11.6. The van der Waals surface area contributed by atoms with Gasteiger partial charge < -0.3 is 5.32 Å². The summed E-state index contributed by atoms with van der Waals surface area (Å²) in [6.07, 6.45) is 0.745. The van der Waals surface area contributed by atoms with Crippen LogP contribution in [0.3, 0.4) is 0 Å². The highest BCUT2D eigenvalue weighted by Crippen LogP contribution is 2.24. The molecule has 0 heterocycles. The Kier molecular flexibility index (Phi) is 6.10. The molecule has 1 N–H and O–H groups in total. The Morgan fingerprint density at radius 1 is 1.28 bits per heavy atom. The van der Waals surface area contributed by atoms with E-state index in [0.29, 0.717) is 22.9 Å². The Bertz CT molecular complexity index is 379. The maximum Gasteiger partial charge on any atom is 0.127 e. The van der Waals surface area contributed by atoms with E-state index in [1.54, 1.807) is 12.1 Å². The van der Waals surface area contributed by atoms with Crippen molar-refractivity contribution in [3.63, 3.8) is 0 Å². The van der Waals surface area contributed by atoms with Crippen molar-refractivity contribution in [1.29, 1.82) is 0 Å². The predicted molar refractivity (Wildman–Crippen MR) is 76.6 cm³/mol. The average molecular weight is 272 g/mol. The van der Waals surface area contributed by atoms with Gasteiger partial charge in [-0.05, 0) is 49.4 Å². The van der Waals surface area contributed by atoms with E-state index in [9.17, 15) is 4.39 Å². The van der Waals surface area contributed by atoms with Gasteiger partial charge in [-0.2, -0.15) is 0 Å². The van der Waals surface area contributed by atoms with Crippen molar-refractivity contribution >= 4 is 11.6 Å². The van der Waals surface area contributed by atoms with Crippen LogP contribution in [0, 0.1) is 17.7 Å². The Hall–Kier alpha value is -0.600. The van der Waals surface area contributed by atoms with Crippen LogP contribution in [0.25, 0.3) is 0 Å². The Morgan fingerprint density at radius 3 is 2.44 bits per heavy atom. The summed E-state index contributed by atoms with van der Waals surface area (Å²) in [7, 11) is 0. The molecule has 2 unspecified atom stereocenters. The molecule has 0 amide bonds. The standard InChI is InChI=1S/C15H23ClFN/c1-5-18-11(4)14(10(2)3)8-12-6-7-13(16)9-15(12)17/h6-7,9-11,14,18H,5,8H2,1-4H3. The van der Waals surface area contributed by atoms with Gasteiger partial charge in [0.05, 0.1) is 0 Å². The number of benzene rings is 1. The second kappa shape index (κ2) is 7.10. The molecule has 1 nitrogen and oxygen atoms in total. The topological polar surface area (TPSA) is 12.0 Å². The summed E-state index contributed by atoms with van der Waals surface area (Å²) in [5.41, 5.74) is 0.753. The van der Waals surface area contributed by atoms with Gasteiger partial charge >= 0.3 is 0 Å². The fraction of sp³-hybridized carbons (Fsp3) is 0.600. The molecule has 0 aliphatic carbocycles. The first kappa shape index (κ1) is 15.5. The van der Waals surface area contributed by atoms with Crippen molar-refractivity contribution in [3.05, 3.63) is 34.6 Å². The van der Waals surface area contributed by atoms with Crippen LogP contribution in [-0.4, -0.2) is 12.6 Å². The van der Waals surface area contributed by atoms with Gasteiger partial charge in [0.2, 0.25) is 0 Å². The van der Waals surface area contributed by atoms with E-state index in [0.717, 1.165) is 18.5 Å². The molecule has 3 heteroatoms. The molecule has 1 aromatic rings. The van der Waals surface area contributed by atoms with Crippen molar-refractivity contribution in [2.75, 3.05) is 6.54 Å².